The van der Waals surface area contributed by atoms with Gasteiger partial charge in [0.25, 0.3) is 11.8 Å². The van der Waals surface area contributed by atoms with Crippen LogP contribution in [0.5, 0.6) is 0 Å². The zero-order valence-electron chi connectivity index (χ0n) is 17.4. The molecule has 1 aliphatic heterocycles. The van der Waals surface area contributed by atoms with Gasteiger partial charge in [-0.25, -0.2) is 13.2 Å². The molecule has 0 unspecified atom stereocenters. The third-order valence-corrected chi connectivity index (χ3v) is 7.03. The van der Waals surface area contributed by atoms with Gasteiger partial charge in [0.1, 0.15) is 5.54 Å². The van der Waals surface area contributed by atoms with E-state index in [0.29, 0.717) is 18.8 Å². The maximum absolute atomic E-state index is 12.8. The average molecular weight is 437 g/mol. The second-order valence-electron chi connectivity index (χ2n) is 8.31. The lowest BCUT2D eigenvalue weighted by Gasteiger charge is -2.33. The standard InChI is InChI=1S/C20H28N4O5S/c1-13-8-10-20(11-9-13)18(26)24(19(27)22-20)23-17(25)12-21-14(2)15-4-6-16(7-5-15)30(3,28)29/h4-7,13-14,21H,8-12H2,1-3H3,(H,22,27)(H,23,25)/t13?,14-,20?/m1/s1. The number of hydrogen-bond donors (Lipinski definition) is 3. The second kappa shape index (κ2) is 8.35. The Bertz CT molecular complexity index is 936. The van der Waals surface area contributed by atoms with Gasteiger partial charge in [0.2, 0.25) is 0 Å². The number of rotatable bonds is 6. The fourth-order valence-corrected chi connectivity index (χ4v) is 4.48. The lowest BCUT2D eigenvalue weighted by molar-refractivity contribution is -0.139. The number of urea groups is 1. The van der Waals surface area contributed by atoms with Gasteiger partial charge >= 0.3 is 6.03 Å². The van der Waals surface area contributed by atoms with Crippen molar-refractivity contribution in [2.45, 2.75) is 56.0 Å². The number of carbonyl (C=O) groups is 3. The highest BCUT2D eigenvalue weighted by Crippen LogP contribution is 2.35. The van der Waals surface area contributed by atoms with E-state index >= 15 is 0 Å². The molecule has 2 aliphatic rings. The molecule has 1 saturated carbocycles. The molecular weight excluding hydrogens is 408 g/mol. The highest BCUT2D eigenvalue weighted by Gasteiger charge is 2.52. The van der Waals surface area contributed by atoms with E-state index in [0.717, 1.165) is 29.7 Å². The first-order valence-electron chi connectivity index (χ1n) is 10.0. The molecule has 2 fully saturated rings. The highest BCUT2D eigenvalue weighted by atomic mass is 32.2. The van der Waals surface area contributed by atoms with Crippen LogP contribution in [0.15, 0.2) is 29.2 Å². The topological polar surface area (TPSA) is 125 Å². The van der Waals surface area contributed by atoms with Crippen LogP contribution in [0.2, 0.25) is 0 Å². The minimum absolute atomic E-state index is 0.115. The molecule has 3 rings (SSSR count). The van der Waals surface area contributed by atoms with E-state index in [1.165, 1.54) is 12.1 Å². The van der Waals surface area contributed by atoms with Crippen molar-refractivity contribution in [1.29, 1.82) is 0 Å². The zero-order chi connectivity index (χ0) is 22.1. The molecule has 4 amide bonds. The molecule has 1 saturated heterocycles. The van der Waals surface area contributed by atoms with E-state index in [9.17, 15) is 22.8 Å². The molecule has 9 nitrogen and oxygen atoms in total. The molecule has 1 spiro atoms. The van der Waals surface area contributed by atoms with Crippen LogP contribution in [0.1, 0.15) is 51.1 Å². The average Bonchev–Trinajstić information content (AvgIpc) is 2.92. The number of amides is 4. The van der Waals surface area contributed by atoms with E-state index in [1.807, 2.05) is 6.92 Å². The van der Waals surface area contributed by atoms with Gasteiger partial charge in [-0.05, 0) is 56.2 Å². The summed E-state index contributed by atoms with van der Waals surface area (Å²) in [5, 5.41) is 6.55. The molecule has 0 radical (unpaired) electrons. The van der Waals surface area contributed by atoms with E-state index in [1.54, 1.807) is 12.1 Å². The fraction of sp³-hybridized carbons (Fsp3) is 0.550. The molecule has 0 aromatic heterocycles. The zero-order valence-corrected chi connectivity index (χ0v) is 18.2. The molecule has 164 valence electrons. The molecule has 1 aliphatic carbocycles. The maximum atomic E-state index is 12.8. The Morgan fingerprint density at radius 1 is 1.23 bits per heavy atom. The Labute approximate surface area is 176 Å². The van der Waals surface area contributed by atoms with E-state index in [-0.39, 0.29) is 17.5 Å². The first-order chi connectivity index (χ1) is 14.0. The number of nitrogens with zero attached hydrogens (tertiary/aromatic N) is 1. The summed E-state index contributed by atoms with van der Waals surface area (Å²) in [5.41, 5.74) is 2.29. The van der Waals surface area contributed by atoms with Crippen LogP contribution in [0.25, 0.3) is 0 Å². The summed E-state index contributed by atoms with van der Waals surface area (Å²) >= 11 is 0. The Kier molecular flexibility index (Phi) is 6.19. The van der Waals surface area contributed by atoms with Gasteiger partial charge in [0.15, 0.2) is 9.84 Å². The Morgan fingerprint density at radius 3 is 2.40 bits per heavy atom. The molecule has 30 heavy (non-hydrogen) atoms. The van der Waals surface area contributed by atoms with Gasteiger partial charge in [-0.2, -0.15) is 5.01 Å². The minimum Gasteiger partial charge on any atom is -0.322 e. The van der Waals surface area contributed by atoms with Crippen LogP contribution in [0, 0.1) is 5.92 Å². The lowest BCUT2D eigenvalue weighted by Crippen LogP contribution is -2.52. The first-order valence-corrected chi connectivity index (χ1v) is 11.9. The Morgan fingerprint density at radius 2 is 1.83 bits per heavy atom. The predicted octanol–water partition coefficient (Wildman–Crippen LogP) is 1.27. The van der Waals surface area contributed by atoms with Crippen molar-refractivity contribution in [3.8, 4) is 0 Å². The minimum atomic E-state index is -3.27. The van der Waals surface area contributed by atoms with Gasteiger partial charge in [-0.15, -0.1) is 0 Å². The van der Waals surface area contributed by atoms with Crippen LogP contribution in [-0.4, -0.2) is 49.6 Å². The second-order valence-corrected chi connectivity index (χ2v) is 10.3. The van der Waals surface area contributed by atoms with Crippen LogP contribution in [-0.2, 0) is 19.4 Å². The SMILES string of the molecule is CC1CCC2(CC1)NC(=O)N(NC(=O)CN[C@H](C)c1ccc(S(C)(=O)=O)cc1)C2=O. The molecule has 0 bridgehead atoms. The summed E-state index contributed by atoms with van der Waals surface area (Å²) in [7, 11) is -3.27. The van der Waals surface area contributed by atoms with Gasteiger partial charge in [0, 0.05) is 12.3 Å². The van der Waals surface area contributed by atoms with Crippen LogP contribution < -0.4 is 16.1 Å². The number of hydrogen-bond acceptors (Lipinski definition) is 6. The van der Waals surface area contributed by atoms with Crippen molar-refractivity contribution < 1.29 is 22.8 Å². The summed E-state index contributed by atoms with van der Waals surface area (Å²) in [6, 6.07) is 5.54. The summed E-state index contributed by atoms with van der Waals surface area (Å²) < 4.78 is 23.1. The van der Waals surface area contributed by atoms with E-state index in [4.69, 9.17) is 0 Å². The number of carbonyl (C=O) groups excluding carboxylic acids is 3. The lowest BCUT2D eigenvalue weighted by atomic mass is 9.77. The normalized spacial score (nSPS) is 25.3. The van der Waals surface area contributed by atoms with E-state index < -0.39 is 33.2 Å². The number of nitrogens with one attached hydrogen (secondary N) is 3. The van der Waals surface area contributed by atoms with Crippen molar-refractivity contribution in [1.82, 2.24) is 21.1 Å². The maximum Gasteiger partial charge on any atom is 0.344 e. The third-order valence-electron chi connectivity index (χ3n) is 5.90. The summed E-state index contributed by atoms with van der Waals surface area (Å²) in [5.74, 6) is -0.405. The van der Waals surface area contributed by atoms with Gasteiger partial charge in [0.05, 0.1) is 11.4 Å². The quantitative estimate of drug-likeness (QED) is 0.577. The van der Waals surface area contributed by atoms with Gasteiger partial charge in [-0.3, -0.25) is 15.0 Å². The number of hydrazine groups is 1. The smallest absolute Gasteiger partial charge is 0.322 e. The van der Waals surface area contributed by atoms with Gasteiger partial charge < -0.3 is 10.6 Å². The molecule has 10 heteroatoms. The fourth-order valence-electron chi connectivity index (χ4n) is 3.85. The van der Waals surface area contributed by atoms with E-state index in [2.05, 4.69) is 23.0 Å². The van der Waals surface area contributed by atoms with Crippen molar-refractivity contribution in [2.75, 3.05) is 12.8 Å². The molecule has 1 heterocycles. The molecule has 1 atom stereocenters. The summed E-state index contributed by atoms with van der Waals surface area (Å²) in [6.07, 6.45) is 3.99. The molecule has 3 N–H and O–H groups in total. The van der Waals surface area contributed by atoms with Gasteiger partial charge in [-0.1, -0.05) is 19.1 Å². The van der Waals surface area contributed by atoms with Crippen molar-refractivity contribution in [3.05, 3.63) is 29.8 Å². The predicted molar refractivity (Wildman–Crippen MR) is 110 cm³/mol. The van der Waals surface area contributed by atoms with Crippen molar-refractivity contribution in [3.63, 3.8) is 0 Å². The molecular formula is C20H28N4O5S. The van der Waals surface area contributed by atoms with Crippen LogP contribution >= 0.6 is 0 Å². The number of sulfone groups is 1. The largest absolute Gasteiger partial charge is 0.344 e. The monoisotopic (exact) mass is 436 g/mol. The summed E-state index contributed by atoms with van der Waals surface area (Å²) in [6.45, 7) is 3.83. The first kappa shape index (κ1) is 22.2. The van der Waals surface area contributed by atoms with Crippen molar-refractivity contribution >= 4 is 27.7 Å². The van der Waals surface area contributed by atoms with Crippen LogP contribution in [0.3, 0.4) is 0 Å². The molecule has 1 aromatic rings. The number of imide groups is 1. The Balaban J connectivity index is 1.54. The molecule has 1 aromatic carbocycles. The third kappa shape index (κ3) is 4.65. The van der Waals surface area contributed by atoms with Crippen LogP contribution in [0.4, 0.5) is 4.79 Å². The van der Waals surface area contributed by atoms with Crippen molar-refractivity contribution in [2.24, 2.45) is 5.92 Å². The highest BCUT2D eigenvalue weighted by molar-refractivity contribution is 7.90. The Hall–Kier alpha value is -2.46. The number of benzene rings is 1. The summed E-state index contributed by atoms with van der Waals surface area (Å²) in [4.78, 5) is 37.6.